The van der Waals surface area contributed by atoms with Gasteiger partial charge in [-0.05, 0) is 43.8 Å². The molecule has 0 radical (unpaired) electrons. The van der Waals surface area contributed by atoms with Crippen LogP contribution in [0.5, 0.6) is 0 Å². The summed E-state index contributed by atoms with van der Waals surface area (Å²) in [5.41, 5.74) is 0. The van der Waals surface area contributed by atoms with Crippen molar-refractivity contribution in [2.45, 2.75) is 97.8 Å². The highest BCUT2D eigenvalue weighted by molar-refractivity contribution is 6.74. The topological polar surface area (TPSA) is 55.8 Å². The molecule has 0 saturated heterocycles. The van der Waals surface area contributed by atoms with Crippen LogP contribution in [0.25, 0.3) is 0 Å². The number of aliphatic hydroxyl groups excluding tert-OH is 1. The zero-order chi connectivity index (χ0) is 24.5. The number of carbonyl (C=O) groups excluding carboxylic acids is 1. The minimum atomic E-state index is -2.01. The summed E-state index contributed by atoms with van der Waals surface area (Å²) in [6, 6.07) is 0. The van der Waals surface area contributed by atoms with Gasteiger partial charge in [0.05, 0.1) is 12.2 Å². The molecule has 0 aromatic carbocycles. The number of ether oxygens (including phenoxy) is 1. The molecule has 6 atom stereocenters. The van der Waals surface area contributed by atoms with Crippen LogP contribution in [0.3, 0.4) is 0 Å². The Labute approximate surface area is 197 Å². The molecule has 0 aromatic heterocycles. The van der Waals surface area contributed by atoms with Crippen molar-refractivity contribution in [3.8, 4) is 0 Å². The van der Waals surface area contributed by atoms with Gasteiger partial charge in [-0.1, -0.05) is 84.1 Å². The molecule has 0 aliphatic carbocycles. The highest BCUT2D eigenvalue weighted by atomic mass is 28.4. The van der Waals surface area contributed by atoms with Crippen molar-refractivity contribution in [3.05, 3.63) is 48.6 Å². The van der Waals surface area contributed by atoms with Gasteiger partial charge in [-0.2, -0.15) is 0 Å². The minimum absolute atomic E-state index is 0.0473. The summed E-state index contributed by atoms with van der Waals surface area (Å²) in [5, 5.41) is 11.1. The molecule has 32 heavy (non-hydrogen) atoms. The number of esters is 1. The number of rotatable bonds is 11. The van der Waals surface area contributed by atoms with Gasteiger partial charge in [0.25, 0.3) is 0 Å². The molecule has 1 N–H and O–H groups in total. The van der Waals surface area contributed by atoms with E-state index in [4.69, 9.17) is 9.16 Å². The molecular formula is C27H46O4Si. The molecule has 5 heteroatoms. The normalized spacial score (nSPS) is 24.2. The summed E-state index contributed by atoms with van der Waals surface area (Å²) in [6.07, 6.45) is 16.1. The molecule has 0 saturated carbocycles. The molecule has 0 amide bonds. The largest absolute Gasteiger partial charge is 0.458 e. The standard InChI is InChI=1S/C27H46O4Si/c1-10-11-12-13-14-15-24(31-32(8,9)27(5,6)7)22(4)23(28)18-16-20(2)26-21(3)17-19-25(29)30-26/h10-15,17,19-24,26,28H,16,18H2,1-9H3/b11-10+,13-12-,15-14-/t20-,21-,22+,23-,24-,26-/m0/s1. The summed E-state index contributed by atoms with van der Waals surface area (Å²) in [4.78, 5) is 11.7. The van der Waals surface area contributed by atoms with Crippen molar-refractivity contribution in [2.75, 3.05) is 0 Å². The first-order chi connectivity index (χ1) is 14.8. The summed E-state index contributed by atoms with van der Waals surface area (Å²) >= 11 is 0. The predicted octanol–water partition coefficient (Wildman–Crippen LogP) is 6.60. The number of hydrogen-bond acceptors (Lipinski definition) is 4. The Morgan fingerprint density at radius 3 is 2.38 bits per heavy atom. The highest BCUT2D eigenvalue weighted by Crippen LogP contribution is 2.39. The molecule has 1 heterocycles. The van der Waals surface area contributed by atoms with E-state index in [9.17, 15) is 9.90 Å². The van der Waals surface area contributed by atoms with Gasteiger partial charge in [0, 0.05) is 17.9 Å². The SMILES string of the molecule is C/C=C/C=C\C=C/[C@H](O[Si](C)(C)C(C)(C)C)[C@H](C)[C@@H](O)CC[C@H](C)[C@@H]1OC(=O)C=C[C@@H]1C. The monoisotopic (exact) mass is 462 g/mol. The van der Waals surface area contributed by atoms with Gasteiger partial charge < -0.3 is 14.3 Å². The van der Waals surface area contributed by atoms with E-state index in [1.807, 2.05) is 43.4 Å². The van der Waals surface area contributed by atoms with E-state index < -0.39 is 14.4 Å². The van der Waals surface area contributed by atoms with E-state index in [2.05, 4.69) is 60.7 Å². The zero-order valence-corrected chi connectivity index (χ0v) is 22.7. The number of cyclic esters (lactones) is 1. The van der Waals surface area contributed by atoms with Crippen LogP contribution < -0.4 is 0 Å². The average Bonchev–Trinajstić information content (AvgIpc) is 2.70. The van der Waals surface area contributed by atoms with Crippen LogP contribution in [0.4, 0.5) is 0 Å². The van der Waals surface area contributed by atoms with Gasteiger partial charge >= 0.3 is 5.97 Å². The molecular weight excluding hydrogens is 416 g/mol. The number of aliphatic hydroxyl groups is 1. The van der Waals surface area contributed by atoms with E-state index in [1.165, 1.54) is 6.08 Å². The molecule has 0 fully saturated rings. The maximum Gasteiger partial charge on any atom is 0.330 e. The fourth-order valence-electron chi connectivity index (χ4n) is 3.59. The van der Waals surface area contributed by atoms with E-state index in [1.54, 1.807) is 0 Å². The first-order valence-corrected chi connectivity index (χ1v) is 14.9. The predicted molar refractivity (Wildman–Crippen MR) is 137 cm³/mol. The van der Waals surface area contributed by atoms with Crippen LogP contribution in [-0.4, -0.2) is 37.7 Å². The second kappa shape index (κ2) is 12.7. The molecule has 1 aliphatic rings. The summed E-state index contributed by atoms with van der Waals surface area (Å²) in [6.45, 7) is 19.4. The van der Waals surface area contributed by atoms with Gasteiger partial charge in [0.2, 0.25) is 0 Å². The molecule has 0 bridgehead atoms. The first-order valence-electron chi connectivity index (χ1n) is 12.0. The third-order valence-electron chi connectivity index (χ3n) is 6.97. The Kier molecular flexibility index (Phi) is 11.4. The Bertz CT molecular complexity index is 699. The number of hydrogen-bond donors (Lipinski definition) is 1. The van der Waals surface area contributed by atoms with Gasteiger partial charge in [0.15, 0.2) is 8.32 Å². The van der Waals surface area contributed by atoms with Crippen LogP contribution in [0.2, 0.25) is 18.1 Å². The molecule has 1 rings (SSSR count). The molecule has 0 aromatic rings. The zero-order valence-electron chi connectivity index (χ0n) is 21.7. The van der Waals surface area contributed by atoms with Crippen LogP contribution >= 0.6 is 0 Å². The number of allylic oxidation sites excluding steroid dienone is 5. The number of carbonyl (C=O) groups is 1. The van der Waals surface area contributed by atoms with Crippen LogP contribution in [-0.2, 0) is 14.0 Å². The summed E-state index contributed by atoms with van der Waals surface area (Å²) in [5.74, 6) is 0.0559. The van der Waals surface area contributed by atoms with Gasteiger partial charge in [-0.3, -0.25) is 0 Å². The maximum absolute atomic E-state index is 11.7. The lowest BCUT2D eigenvalue weighted by molar-refractivity contribution is -0.149. The molecule has 182 valence electrons. The Morgan fingerprint density at radius 2 is 1.78 bits per heavy atom. The smallest absolute Gasteiger partial charge is 0.330 e. The third kappa shape index (κ3) is 8.84. The van der Waals surface area contributed by atoms with Crippen LogP contribution in [0.15, 0.2) is 48.6 Å². The molecule has 0 unspecified atom stereocenters. The second-order valence-electron chi connectivity index (χ2n) is 10.7. The summed E-state index contributed by atoms with van der Waals surface area (Å²) < 4.78 is 12.2. The van der Waals surface area contributed by atoms with E-state index in [-0.39, 0.29) is 41.0 Å². The Morgan fingerprint density at radius 1 is 1.16 bits per heavy atom. The quantitative estimate of drug-likeness (QED) is 0.214. The lowest BCUT2D eigenvalue weighted by atomic mass is 9.85. The van der Waals surface area contributed by atoms with Crippen molar-refractivity contribution in [3.63, 3.8) is 0 Å². The Hall–Kier alpha value is -1.43. The van der Waals surface area contributed by atoms with Gasteiger partial charge in [0.1, 0.15) is 6.10 Å². The first kappa shape index (κ1) is 28.6. The van der Waals surface area contributed by atoms with E-state index in [0.29, 0.717) is 6.42 Å². The fraction of sp³-hybridized carbons (Fsp3) is 0.667. The lowest BCUT2D eigenvalue weighted by Crippen LogP contribution is -2.46. The molecule has 1 aliphatic heterocycles. The van der Waals surface area contributed by atoms with Gasteiger partial charge in [-0.15, -0.1) is 0 Å². The molecule has 4 nitrogen and oxygen atoms in total. The van der Waals surface area contributed by atoms with Crippen molar-refractivity contribution >= 4 is 14.3 Å². The Balaban J connectivity index is 2.86. The van der Waals surface area contributed by atoms with E-state index >= 15 is 0 Å². The van der Waals surface area contributed by atoms with Crippen LogP contribution in [0, 0.1) is 17.8 Å². The lowest BCUT2D eigenvalue weighted by Gasteiger charge is -2.41. The summed E-state index contributed by atoms with van der Waals surface area (Å²) in [7, 11) is -2.01. The van der Waals surface area contributed by atoms with Crippen molar-refractivity contribution in [2.24, 2.45) is 17.8 Å². The van der Waals surface area contributed by atoms with Crippen molar-refractivity contribution < 1.29 is 19.1 Å². The highest BCUT2D eigenvalue weighted by Gasteiger charge is 2.40. The maximum atomic E-state index is 11.7. The van der Waals surface area contributed by atoms with Crippen molar-refractivity contribution in [1.29, 1.82) is 0 Å². The van der Waals surface area contributed by atoms with Crippen molar-refractivity contribution in [1.82, 2.24) is 0 Å². The molecule has 0 spiro atoms. The van der Waals surface area contributed by atoms with E-state index in [0.717, 1.165) is 6.42 Å². The third-order valence-corrected chi connectivity index (χ3v) is 11.4. The average molecular weight is 463 g/mol. The van der Waals surface area contributed by atoms with Gasteiger partial charge in [-0.25, -0.2) is 4.79 Å². The fourth-order valence-corrected chi connectivity index (χ4v) is 4.91. The minimum Gasteiger partial charge on any atom is -0.458 e. The van der Waals surface area contributed by atoms with Crippen LogP contribution in [0.1, 0.15) is 61.3 Å². The second-order valence-corrected chi connectivity index (χ2v) is 15.5.